The van der Waals surface area contributed by atoms with Crippen molar-refractivity contribution in [1.29, 1.82) is 0 Å². The van der Waals surface area contributed by atoms with Crippen molar-refractivity contribution in [3.05, 3.63) is 115 Å². The number of esters is 1. The normalized spacial score (nSPS) is 16.3. The van der Waals surface area contributed by atoms with Gasteiger partial charge in [0.25, 0.3) is 5.56 Å². The van der Waals surface area contributed by atoms with Crippen LogP contribution in [0.2, 0.25) is 5.02 Å². The van der Waals surface area contributed by atoms with Gasteiger partial charge in [-0.3, -0.25) is 33.6 Å². The molecule has 0 radical (unpaired) electrons. The molecule has 472 valence electrons. The molecule has 3 aliphatic rings. The molecule has 6 amide bonds. The van der Waals surface area contributed by atoms with Crippen molar-refractivity contribution in [2.75, 3.05) is 39.2 Å². The van der Waals surface area contributed by atoms with Gasteiger partial charge in [0.1, 0.15) is 26.0 Å². The van der Waals surface area contributed by atoms with Crippen LogP contribution in [0.5, 0.6) is 0 Å². The first-order valence-corrected chi connectivity index (χ1v) is 32.6. The Kier molecular flexibility index (Phi) is 23.0. The first-order valence-electron chi connectivity index (χ1n) is 30.3. The number of hydrogen-bond acceptors (Lipinski definition) is 16. The predicted octanol–water partition coefficient (Wildman–Crippen LogP) is 5.38. The van der Waals surface area contributed by atoms with Crippen LogP contribution >= 0.6 is 11.6 Å². The fourth-order valence-corrected chi connectivity index (χ4v) is 12.5. The van der Waals surface area contributed by atoms with Gasteiger partial charge in [-0.1, -0.05) is 114 Å². The van der Waals surface area contributed by atoms with Crippen LogP contribution in [0.15, 0.2) is 64.8 Å². The number of unbranched alkanes of at least 4 members (excludes halogenated alkanes) is 8. The van der Waals surface area contributed by atoms with Crippen LogP contribution in [0.25, 0.3) is 22.3 Å². The molecule has 5 heterocycles. The highest BCUT2D eigenvalue weighted by Gasteiger charge is 2.46. The van der Waals surface area contributed by atoms with E-state index in [1.165, 1.54) is 36.7 Å². The third-order valence-electron chi connectivity index (χ3n) is 16.6. The minimum atomic E-state index is -3.54. The Labute approximate surface area is 516 Å². The minimum absolute atomic E-state index is 0.0189. The third kappa shape index (κ3) is 16.5. The molecule has 8 rings (SSSR count). The Morgan fingerprint density at radius 1 is 0.818 bits per heavy atom. The van der Waals surface area contributed by atoms with Gasteiger partial charge in [0.05, 0.1) is 54.7 Å². The second-order valence-corrected chi connectivity index (χ2v) is 25.2. The number of aliphatic hydroxyl groups is 1. The van der Waals surface area contributed by atoms with Crippen LogP contribution in [0, 0.1) is 6.92 Å². The molecule has 0 saturated carbocycles. The molecule has 2 aliphatic heterocycles. The van der Waals surface area contributed by atoms with Gasteiger partial charge < -0.3 is 51.0 Å². The second-order valence-electron chi connectivity index (χ2n) is 22.9. The van der Waals surface area contributed by atoms with Gasteiger partial charge in [-0.2, -0.15) is 0 Å². The van der Waals surface area contributed by atoms with Gasteiger partial charge in [-0.25, -0.2) is 28.2 Å². The summed E-state index contributed by atoms with van der Waals surface area (Å²) in [6, 6.07) is 10.5. The van der Waals surface area contributed by atoms with E-state index in [-0.39, 0.29) is 67.1 Å². The van der Waals surface area contributed by atoms with Crippen molar-refractivity contribution < 1.29 is 56.6 Å². The molecular formula is C63H79ClN10O13S. The largest absolute Gasteiger partial charge is 0.458 e. The van der Waals surface area contributed by atoms with E-state index in [1.807, 2.05) is 6.92 Å². The molecule has 0 saturated heterocycles. The molecule has 7 N–H and O–H groups in total. The lowest BCUT2D eigenvalue weighted by molar-refractivity contribution is -0.172. The van der Waals surface area contributed by atoms with E-state index in [0.717, 1.165) is 66.0 Å². The number of hydrogen-bond donors (Lipinski definition) is 7. The first-order chi connectivity index (χ1) is 42.2. The van der Waals surface area contributed by atoms with E-state index in [9.17, 15) is 51.9 Å². The number of carbonyl (C=O) groups is 7. The van der Waals surface area contributed by atoms with E-state index in [4.69, 9.17) is 26.1 Å². The number of cyclic esters (lactones) is 1. The summed E-state index contributed by atoms with van der Waals surface area (Å²) in [5.74, 6) is -4.25. The summed E-state index contributed by atoms with van der Waals surface area (Å²) >= 11 is 6.73. The number of ether oxygens (including phenoxy) is 2. The van der Waals surface area contributed by atoms with Gasteiger partial charge in [0.15, 0.2) is 5.60 Å². The maximum Gasteiger partial charge on any atom is 0.343 e. The number of sulfone groups is 1. The lowest BCUT2D eigenvalue weighted by atomic mass is 9.81. The summed E-state index contributed by atoms with van der Waals surface area (Å²) in [7, 11) is -3.54. The van der Waals surface area contributed by atoms with Crippen LogP contribution in [0.3, 0.4) is 0 Å². The van der Waals surface area contributed by atoms with Crippen LogP contribution in [0.4, 0.5) is 0 Å². The lowest BCUT2D eigenvalue weighted by Gasteiger charge is -2.31. The maximum atomic E-state index is 14.0. The molecular weight excluding hydrogens is 1170 g/mol. The van der Waals surface area contributed by atoms with E-state index in [1.54, 1.807) is 61.8 Å². The number of carbonyl (C=O) groups excluding carboxylic acids is 7. The number of amides is 6. The highest BCUT2D eigenvalue weighted by atomic mass is 35.5. The van der Waals surface area contributed by atoms with E-state index >= 15 is 0 Å². The average molecular weight is 1250 g/mol. The molecule has 2 aromatic carbocycles. The van der Waals surface area contributed by atoms with Crippen molar-refractivity contribution in [1.82, 2.24) is 51.4 Å². The standard InChI is InChI=1S/C63H79ClN10O13S/c1-5-7-8-9-10-11-12-16-21-40(41-29-68-62(69-30-41)88(4,84)85)22-17-18-23-51(75)65-31-52(76)66-33-54(78)72-49(26-39-19-14-13-15-20-39)59(80)67-32-53(77)70-37-86-36-55(79)71-47-25-24-42-38(3)46(64)28-48-56(42)57(47)43-34-74-50(58(43)73-48)27-45-44(60(74)81)35-87-61(82)63(45,83)6-2/h13-15,19-20,27-30,40,47,49,83H,5-12,16-18,21-26,31-37H2,1-4H3,(H,65,75)(H,66,76)(H,67,80)(H,70,77)(H,71,79)(H,72,78)/t40?,47-,49-,63-/m0/s1. The number of nitrogens with one attached hydrogen (secondary N) is 6. The monoisotopic (exact) mass is 1250 g/mol. The number of aromatic nitrogens is 4. The fraction of sp³-hybridized carbons (Fsp3) is 0.508. The zero-order valence-electron chi connectivity index (χ0n) is 50.3. The minimum Gasteiger partial charge on any atom is -0.458 e. The summed E-state index contributed by atoms with van der Waals surface area (Å²) in [6.45, 7) is 3.32. The van der Waals surface area contributed by atoms with Gasteiger partial charge >= 0.3 is 5.97 Å². The zero-order valence-corrected chi connectivity index (χ0v) is 51.9. The fourth-order valence-electron chi connectivity index (χ4n) is 11.8. The van der Waals surface area contributed by atoms with Crippen LogP contribution in [0.1, 0.15) is 167 Å². The van der Waals surface area contributed by atoms with Crippen molar-refractivity contribution in [2.24, 2.45) is 0 Å². The Morgan fingerprint density at radius 2 is 1.48 bits per heavy atom. The summed E-state index contributed by atoms with van der Waals surface area (Å²) in [6.07, 6.45) is 17.7. The number of rotatable bonds is 32. The second kappa shape index (κ2) is 30.5. The molecule has 5 aromatic rings. The quantitative estimate of drug-likeness (QED) is 0.0121. The molecule has 4 atom stereocenters. The van der Waals surface area contributed by atoms with E-state index in [2.05, 4.69) is 48.8 Å². The topological polar surface area (TPSA) is 325 Å². The van der Waals surface area contributed by atoms with Crippen LogP contribution in [-0.4, -0.2) is 120 Å². The summed E-state index contributed by atoms with van der Waals surface area (Å²) < 4.78 is 36.3. The Bertz CT molecular complexity index is 3590. The molecule has 0 bridgehead atoms. The number of halogens is 1. The highest BCUT2D eigenvalue weighted by molar-refractivity contribution is 7.90. The molecule has 1 aliphatic carbocycles. The molecule has 23 nitrogen and oxygen atoms in total. The van der Waals surface area contributed by atoms with Gasteiger partial charge in [0, 0.05) is 53.0 Å². The molecule has 1 unspecified atom stereocenters. The number of benzene rings is 2. The zero-order chi connectivity index (χ0) is 63.1. The number of aryl methyl sites for hydroxylation is 1. The number of pyridine rings is 2. The molecule has 88 heavy (non-hydrogen) atoms. The highest BCUT2D eigenvalue weighted by Crippen LogP contribution is 2.46. The van der Waals surface area contributed by atoms with Gasteiger partial charge in [-0.05, 0) is 91.3 Å². The van der Waals surface area contributed by atoms with E-state index in [0.29, 0.717) is 58.7 Å². The van der Waals surface area contributed by atoms with E-state index < -0.39 is 95.0 Å². The summed E-state index contributed by atoms with van der Waals surface area (Å²) in [4.78, 5) is 119. The van der Waals surface area contributed by atoms with Crippen molar-refractivity contribution in [3.63, 3.8) is 0 Å². The summed E-state index contributed by atoms with van der Waals surface area (Å²) in [5.41, 5.74) is 4.18. The first kappa shape index (κ1) is 66.3. The average Bonchev–Trinajstić information content (AvgIpc) is 1.50. The Morgan fingerprint density at radius 3 is 2.18 bits per heavy atom. The maximum absolute atomic E-state index is 14.0. The number of fused-ring (bicyclic) bond motifs is 5. The SMILES string of the molecule is CCCCCCCCCCC(CCCCC(=O)NCC(=O)NCC(=O)N[C@@H](Cc1ccccc1)C(=O)NCC(=O)NCOCC(=O)N[C@H]1CCc2c(C)c(Cl)cc3nc4c(c1c23)Cn1c-4cc2c(c1=O)COC(=O)[C@]2(O)CC)c1cnc(S(C)(=O)=O)nc1. The van der Waals surface area contributed by atoms with Crippen LogP contribution in [-0.2, 0) is 84.5 Å². The van der Waals surface area contributed by atoms with Crippen LogP contribution < -0.4 is 37.5 Å². The smallest absolute Gasteiger partial charge is 0.343 e. The lowest BCUT2D eigenvalue weighted by Crippen LogP contribution is -2.52. The Balaban J connectivity index is 0.772. The molecule has 3 aromatic heterocycles. The van der Waals surface area contributed by atoms with Gasteiger partial charge in [0.2, 0.25) is 50.4 Å². The molecule has 0 spiro atoms. The van der Waals surface area contributed by atoms with Crippen molar-refractivity contribution in [3.8, 4) is 11.4 Å². The predicted molar refractivity (Wildman–Crippen MR) is 327 cm³/mol. The summed E-state index contributed by atoms with van der Waals surface area (Å²) in [5, 5.41) is 28.3. The Hall–Kier alpha value is -7.67. The van der Waals surface area contributed by atoms with Crippen molar-refractivity contribution >= 4 is 73.8 Å². The molecule has 0 fully saturated rings. The third-order valence-corrected chi connectivity index (χ3v) is 17.9. The molecule has 25 heteroatoms. The van der Waals surface area contributed by atoms with Crippen molar-refractivity contribution in [2.45, 2.75) is 172 Å². The van der Waals surface area contributed by atoms with Gasteiger partial charge in [-0.15, -0.1) is 0 Å². The number of nitrogens with zero attached hydrogens (tertiary/aromatic N) is 4.